The normalized spacial score (nSPS) is 10.7. The molecule has 102 valence electrons. The maximum absolute atomic E-state index is 10.6. The van der Waals surface area contributed by atoms with Crippen LogP contribution < -0.4 is 10.5 Å². The van der Waals surface area contributed by atoms with Crippen molar-refractivity contribution in [1.82, 2.24) is 0 Å². The van der Waals surface area contributed by atoms with Crippen molar-refractivity contribution in [1.29, 1.82) is 0 Å². The van der Waals surface area contributed by atoms with Gasteiger partial charge in [0.15, 0.2) is 0 Å². The first-order valence-electron chi connectivity index (χ1n) is 6.40. The summed E-state index contributed by atoms with van der Waals surface area (Å²) in [7, 11) is 0. The van der Waals surface area contributed by atoms with Gasteiger partial charge in [0.1, 0.15) is 12.4 Å². The Hall–Kier alpha value is -2.55. The SMILES string of the molecule is Cc1ccccc1COc1ccc(/C=C\C(N)=O)cc1. The van der Waals surface area contributed by atoms with Gasteiger partial charge in [0.25, 0.3) is 0 Å². The van der Waals surface area contributed by atoms with Crippen LogP contribution in [0.5, 0.6) is 5.75 Å². The minimum absolute atomic E-state index is 0.454. The molecule has 0 spiro atoms. The first-order valence-corrected chi connectivity index (χ1v) is 6.40. The average molecular weight is 267 g/mol. The highest BCUT2D eigenvalue weighted by Gasteiger charge is 1.99. The van der Waals surface area contributed by atoms with Crippen LogP contribution in [-0.2, 0) is 11.4 Å². The van der Waals surface area contributed by atoms with Crippen molar-refractivity contribution < 1.29 is 9.53 Å². The Kier molecular flexibility index (Phi) is 4.56. The van der Waals surface area contributed by atoms with Crippen molar-refractivity contribution in [2.24, 2.45) is 5.73 Å². The molecule has 0 aliphatic rings. The van der Waals surface area contributed by atoms with Gasteiger partial charge in [-0.1, -0.05) is 36.4 Å². The molecule has 0 radical (unpaired) electrons. The number of primary amides is 1. The van der Waals surface area contributed by atoms with Crippen molar-refractivity contribution in [2.75, 3.05) is 0 Å². The third-order valence-corrected chi connectivity index (χ3v) is 2.98. The summed E-state index contributed by atoms with van der Waals surface area (Å²) in [6.45, 7) is 2.61. The zero-order valence-corrected chi connectivity index (χ0v) is 11.4. The van der Waals surface area contributed by atoms with Gasteiger partial charge in [-0.25, -0.2) is 0 Å². The molecule has 0 unspecified atom stereocenters. The Labute approximate surface area is 118 Å². The summed E-state index contributed by atoms with van der Waals surface area (Å²) in [4.78, 5) is 10.6. The Morgan fingerprint density at radius 2 is 1.85 bits per heavy atom. The third kappa shape index (κ3) is 3.99. The van der Waals surface area contributed by atoms with Crippen LogP contribution in [0.1, 0.15) is 16.7 Å². The molecule has 3 heteroatoms. The summed E-state index contributed by atoms with van der Waals surface area (Å²) < 4.78 is 5.74. The monoisotopic (exact) mass is 267 g/mol. The van der Waals surface area contributed by atoms with E-state index in [2.05, 4.69) is 19.1 Å². The molecule has 20 heavy (non-hydrogen) atoms. The fraction of sp³-hybridized carbons (Fsp3) is 0.118. The highest BCUT2D eigenvalue weighted by molar-refractivity contribution is 5.90. The van der Waals surface area contributed by atoms with Crippen LogP contribution >= 0.6 is 0 Å². The van der Waals surface area contributed by atoms with Crippen LogP contribution in [0.15, 0.2) is 54.6 Å². The first kappa shape index (κ1) is 13.9. The number of aryl methyl sites for hydroxylation is 1. The minimum atomic E-state index is -0.454. The third-order valence-electron chi connectivity index (χ3n) is 2.98. The number of carbonyl (C=O) groups is 1. The van der Waals surface area contributed by atoms with Gasteiger partial charge in [0.2, 0.25) is 5.91 Å². The van der Waals surface area contributed by atoms with Gasteiger partial charge >= 0.3 is 0 Å². The van der Waals surface area contributed by atoms with Gasteiger partial charge in [-0.3, -0.25) is 4.79 Å². The molecule has 0 aliphatic heterocycles. The highest BCUT2D eigenvalue weighted by Crippen LogP contribution is 2.16. The predicted molar refractivity (Wildman–Crippen MR) is 80.2 cm³/mol. The molecular weight excluding hydrogens is 250 g/mol. The van der Waals surface area contributed by atoms with Gasteiger partial charge in [0, 0.05) is 6.08 Å². The fourth-order valence-corrected chi connectivity index (χ4v) is 1.79. The van der Waals surface area contributed by atoms with Gasteiger partial charge in [-0.15, -0.1) is 0 Å². The van der Waals surface area contributed by atoms with Crippen LogP contribution in [0.4, 0.5) is 0 Å². The second-order valence-electron chi connectivity index (χ2n) is 4.52. The minimum Gasteiger partial charge on any atom is -0.489 e. The largest absolute Gasteiger partial charge is 0.489 e. The molecule has 3 nitrogen and oxygen atoms in total. The Morgan fingerprint density at radius 1 is 1.15 bits per heavy atom. The second kappa shape index (κ2) is 6.57. The Balaban J connectivity index is 1.97. The number of nitrogens with two attached hydrogens (primary N) is 1. The van der Waals surface area contributed by atoms with E-state index in [0.29, 0.717) is 6.61 Å². The van der Waals surface area contributed by atoms with Crippen LogP contribution in [0.2, 0.25) is 0 Å². The van der Waals surface area contributed by atoms with E-state index >= 15 is 0 Å². The lowest BCUT2D eigenvalue weighted by Crippen LogP contribution is -2.05. The molecule has 2 rings (SSSR count). The van der Waals surface area contributed by atoms with Crippen molar-refractivity contribution in [3.63, 3.8) is 0 Å². The van der Waals surface area contributed by atoms with E-state index in [1.54, 1.807) is 6.08 Å². The number of ether oxygens (including phenoxy) is 1. The maximum Gasteiger partial charge on any atom is 0.241 e. The second-order valence-corrected chi connectivity index (χ2v) is 4.52. The quantitative estimate of drug-likeness (QED) is 0.846. The zero-order chi connectivity index (χ0) is 14.4. The molecule has 0 bridgehead atoms. The number of carbonyl (C=O) groups excluding carboxylic acids is 1. The van der Waals surface area contributed by atoms with Gasteiger partial charge in [0.05, 0.1) is 0 Å². The molecule has 0 atom stereocenters. The van der Waals surface area contributed by atoms with Crippen LogP contribution in [0.25, 0.3) is 6.08 Å². The molecule has 0 heterocycles. The molecule has 0 aliphatic carbocycles. The van der Waals surface area contributed by atoms with E-state index in [0.717, 1.165) is 11.3 Å². The van der Waals surface area contributed by atoms with E-state index in [4.69, 9.17) is 10.5 Å². The van der Waals surface area contributed by atoms with Crippen LogP contribution in [0, 0.1) is 6.92 Å². The number of amides is 1. The van der Waals surface area contributed by atoms with E-state index in [-0.39, 0.29) is 0 Å². The van der Waals surface area contributed by atoms with Crippen LogP contribution in [0.3, 0.4) is 0 Å². The van der Waals surface area contributed by atoms with Crippen molar-refractivity contribution in [3.05, 3.63) is 71.3 Å². The first-order chi connectivity index (χ1) is 9.65. The van der Waals surface area contributed by atoms with E-state index < -0.39 is 5.91 Å². The molecule has 0 aromatic heterocycles. The fourth-order valence-electron chi connectivity index (χ4n) is 1.79. The van der Waals surface area contributed by atoms with Gasteiger partial charge in [-0.05, 0) is 41.8 Å². The van der Waals surface area contributed by atoms with Crippen molar-refractivity contribution >= 4 is 12.0 Å². The zero-order valence-electron chi connectivity index (χ0n) is 11.4. The molecule has 2 aromatic rings. The standard InChI is InChI=1S/C17H17NO2/c1-13-4-2-3-5-15(13)12-20-16-9-6-14(7-10-16)8-11-17(18)19/h2-11H,12H2,1H3,(H2,18,19)/b11-8-. The van der Waals surface area contributed by atoms with Crippen molar-refractivity contribution in [3.8, 4) is 5.75 Å². The predicted octanol–water partition coefficient (Wildman–Crippen LogP) is 3.07. The summed E-state index contributed by atoms with van der Waals surface area (Å²) in [5, 5.41) is 0. The van der Waals surface area contributed by atoms with E-state index in [1.165, 1.54) is 17.2 Å². The van der Waals surface area contributed by atoms with Gasteiger partial charge < -0.3 is 10.5 Å². The summed E-state index contributed by atoms with van der Waals surface area (Å²) in [5.41, 5.74) is 8.34. The Bertz CT molecular complexity index is 615. The smallest absolute Gasteiger partial charge is 0.241 e. The summed E-state index contributed by atoms with van der Waals surface area (Å²) in [6.07, 6.45) is 3.01. The number of hydrogen-bond acceptors (Lipinski definition) is 2. The average Bonchev–Trinajstić information content (AvgIpc) is 2.45. The lowest BCUT2D eigenvalue weighted by atomic mass is 10.1. The number of hydrogen-bond donors (Lipinski definition) is 1. The lowest BCUT2D eigenvalue weighted by Gasteiger charge is -2.08. The molecule has 0 saturated heterocycles. The summed E-state index contributed by atoms with van der Waals surface area (Å²) >= 11 is 0. The Morgan fingerprint density at radius 3 is 2.50 bits per heavy atom. The van der Waals surface area contributed by atoms with E-state index in [9.17, 15) is 4.79 Å². The molecule has 2 N–H and O–H groups in total. The molecule has 0 saturated carbocycles. The molecule has 2 aromatic carbocycles. The van der Waals surface area contributed by atoms with Crippen molar-refractivity contribution in [2.45, 2.75) is 13.5 Å². The number of benzene rings is 2. The highest BCUT2D eigenvalue weighted by atomic mass is 16.5. The topological polar surface area (TPSA) is 52.3 Å². The van der Waals surface area contributed by atoms with E-state index in [1.807, 2.05) is 36.4 Å². The maximum atomic E-state index is 10.6. The van der Waals surface area contributed by atoms with Crippen LogP contribution in [-0.4, -0.2) is 5.91 Å². The number of rotatable bonds is 5. The summed E-state index contributed by atoms with van der Waals surface area (Å²) in [5.74, 6) is 0.342. The molecule has 0 fully saturated rings. The molecule has 1 amide bonds. The lowest BCUT2D eigenvalue weighted by molar-refractivity contribution is -0.113. The summed E-state index contributed by atoms with van der Waals surface area (Å²) in [6, 6.07) is 15.6. The van der Waals surface area contributed by atoms with Gasteiger partial charge in [-0.2, -0.15) is 0 Å². The molecular formula is C17H17NO2.